The monoisotopic (exact) mass is 965 g/mol. The molecule has 1 saturated heterocycles. The highest BCUT2D eigenvalue weighted by atomic mass is 32.2. The quantitative estimate of drug-likeness (QED) is 0.0841. The summed E-state index contributed by atoms with van der Waals surface area (Å²) in [6.07, 6.45) is 9.13. The molecule has 4 amide bonds. The van der Waals surface area contributed by atoms with Gasteiger partial charge in [0.15, 0.2) is 5.13 Å². The summed E-state index contributed by atoms with van der Waals surface area (Å²) in [5.41, 5.74) is -0.644. The number of rotatable bonds is 16. The summed E-state index contributed by atoms with van der Waals surface area (Å²) < 4.78 is 52.3. The number of unbranched alkanes of at least 4 members (excludes halogenated alkanes) is 2. The molecule has 19 heteroatoms. The van der Waals surface area contributed by atoms with Gasteiger partial charge in [0.1, 0.15) is 46.5 Å². The topological polar surface area (TPSA) is 216 Å². The molecule has 2 aromatic heterocycles. The molecule has 0 spiro atoms. The number of ether oxygens (including phenoxy) is 4. The SMILES string of the molecule is COCCCCC[C@H]1[C@H](Oc2cc(-c3csc(NC(C)C)n3)nc3cc(OC)ccc23)CC2C(=O)NC3(C(=O)NS(=O)(=O)C4CC4)CC3/C=C\CCCCCC(NC(=O)OC(C)(C)C)C(=O)N21. The van der Waals surface area contributed by atoms with Crippen LogP contribution >= 0.6 is 11.3 Å². The summed E-state index contributed by atoms with van der Waals surface area (Å²) in [7, 11) is -0.723. The Labute approximate surface area is 397 Å². The fraction of sp³-hybridized carbons (Fsp3) is 0.625. The van der Waals surface area contributed by atoms with E-state index < -0.39 is 80.4 Å². The van der Waals surface area contributed by atoms with Crippen molar-refractivity contribution < 1.29 is 46.5 Å². The van der Waals surface area contributed by atoms with E-state index in [-0.39, 0.29) is 25.3 Å². The minimum atomic E-state index is -3.95. The second-order valence-electron chi connectivity index (χ2n) is 19.5. The number of aromatic nitrogens is 2. The number of hydrogen-bond donors (Lipinski definition) is 4. The van der Waals surface area contributed by atoms with E-state index in [2.05, 4.69) is 20.7 Å². The summed E-state index contributed by atoms with van der Waals surface area (Å²) in [5.74, 6) is -1.32. The number of nitrogens with zero attached hydrogens (tertiary/aromatic N) is 3. The molecule has 366 valence electrons. The van der Waals surface area contributed by atoms with Crippen LogP contribution in [-0.4, -0.2) is 115 Å². The van der Waals surface area contributed by atoms with Crippen LogP contribution in [0, 0.1) is 5.92 Å². The molecule has 2 saturated carbocycles. The Morgan fingerprint density at radius 3 is 2.52 bits per heavy atom. The van der Waals surface area contributed by atoms with Crippen molar-refractivity contribution >= 4 is 61.2 Å². The number of nitrogens with one attached hydrogen (secondary N) is 4. The summed E-state index contributed by atoms with van der Waals surface area (Å²) in [4.78, 5) is 69.5. The number of benzene rings is 1. The van der Waals surface area contributed by atoms with Crippen LogP contribution in [0.15, 0.2) is 41.8 Å². The number of allylic oxidation sites excluding steroid dienone is 1. The largest absolute Gasteiger partial charge is 0.497 e. The van der Waals surface area contributed by atoms with Gasteiger partial charge in [0.25, 0.3) is 5.91 Å². The fourth-order valence-electron chi connectivity index (χ4n) is 8.98. The van der Waals surface area contributed by atoms with Crippen molar-refractivity contribution in [3.63, 3.8) is 0 Å². The van der Waals surface area contributed by atoms with Crippen LogP contribution in [0.25, 0.3) is 22.3 Å². The highest BCUT2D eigenvalue weighted by molar-refractivity contribution is 7.91. The van der Waals surface area contributed by atoms with Crippen LogP contribution in [0.1, 0.15) is 118 Å². The molecule has 4 unspecified atom stereocenters. The van der Waals surface area contributed by atoms with Gasteiger partial charge in [-0.05, 0) is 98.1 Å². The van der Waals surface area contributed by atoms with E-state index in [4.69, 9.17) is 28.9 Å². The van der Waals surface area contributed by atoms with Crippen LogP contribution < -0.4 is 30.1 Å². The molecule has 6 atom stereocenters. The Bertz CT molecular complexity index is 2420. The lowest BCUT2D eigenvalue weighted by molar-refractivity contribution is -0.143. The Balaban J connectivity index is 1.31. The highest BCUT2D eigenvalue weighted by Gasteiger charge is 2.62. The molecule has 4 heterocycles. The Morgan fingerprint density at radius 2 is 1.81 bits per heavy atom. The first kappa shape index (κ1) is 49.9. The number of anilines is 1. The normalized spacial score (nSPS) is 25.3. The minimum absolute atomic E-state index is 0.0203. The Kier molecular flexibility index (Phi) is 15.7. The second-order valence-corrected chi connectivity index (χ2v) is 22.3. The third-order valence-electron chi connectivity index (χ3n) is 12.6. The maximum absolute atomic E-state index is 15.4. The van der Waals surface area contributed by atoms with Gasteiger partial charge in [-0.25, -0.2) is 23.2 Å². The number of methoxy groups -OCH3 is 2. The van der Waals surface area contributed by atoms with Crippen molar-refractivity contribution in [3.8, 4) is 22.9 Å². The van der Waals surface area contributed by atoms with Gasteiger partial charge in [-0.3, -0.25) is 19.1 Å². The van der Waals surface area contributed by atoms with Crippen molar-refractivity contribution in [2.75, 3.05) is 26.1 Å². The zero-order chi connectivity index (χ0) is 48.1. The molecule has 2 aliphatic heterocycles. The van der Waals surface area contributed by atoms with Crippen LogP contribution in [-0.2, 0) is 33.9 Å². The standard InChI is InChI=1S/C48H67N7O10S2/c1-29(2)49-45-51-37(28-66-45)36-25-40(33-22-19-31(63-7)24-35(33)50-36)64-41-26-39-42(56)53-48(44(58)54-67(60,61)32-20-21-32)27-30(48)16-12-9-8-10-13-17-34(52-46(59)65-47(3,4)5)43(57)55(39)38(41)18-14-11-15-23-62-6/h12,16,19,22,24-25,28-30,32,34,38-39,41H,8-11,13-15,17-18,20-21,23,26-27H2,1-7H3,(H,49,51)(H,52,59)(H,53,56)(H,54,58)/b16-12-/t30?,34?,38-,39?,41+,48?/m0/s1. The molecule has 4 N–H and O–H groups in total. The van der Waals surface area contributed by atoms with Gasteiger partial charge in [0.05, 0.1) is 29.6 Å². The van der Waals surface area contributed by atoms with Gasteiger partial charge in [-0.15, -0.1) is 11.3 Å². The lowest BCUT2D eigenvalue weighted by atomic mass is 10.0. The van der Waals surface area contributed by atoms with Gasteiger partial charge >= 0.3 is 6.09 Å². The molecule has 4 aliphatic rings. The van der Waals surface area contributed by atoms with E-state index in [0.29, 0.717) is 78.9 Å². The maximum Gasteiger partial charge on any atom is 0.408 e. The molecule has 3 fully saturated rings. The fourth-order valence-corrected chi connectivity index (χ4v) is 11.2. The van der Waals surface area contributed by atoms with E-state index in [9.17, 15) is 18.0 Å². The van der Waals surface area contributed by atoms with Gasteiger partial charge in [0, 0.05) is 55.0 Å². The molecule has 17 nitrogen and oxygen atoms in total. The maximum atomic E-state index is 15.4. The number of carbonyl (C=O) groups excluding carboxylic acids is 4. The number of sulfonamides is 1. The number of amides is 4. The molecule has 0 radical (unpaired) electrons. The van der Waals surface area contributed by atoms with Crippen LogP contribution in [0.5, 0.6) is 11.5 Å². The molecule has 2 aliphatic carbocycles. The first-order chi connectivity index (χ1) is 31.9. The van der Waals surface area contributed by atoms with E-state index in [1.54, 1.807) is 39.9 Å². The number of fused-ring (bicyclic) bond motifs is 3. The van der Waals surface area contributed by atoms with Crippen molar-refractivity contribution in [3.05, 3.63) is 41.8 Å². The summed E-state index contributed by atoms with van der Waals surface area (Å²) in [5, 5.41) is 11.9. The molecular weight excluding hydrogens is 899 g/mol. The third-order valence-corrected chi connectivity index (χ3v) is 15.2. The molecular formula is C48H67N7O10S2. The van der Waals surface area contributed by atoms with Gasteiger partial charge in [-0.1, -0.05) is 37.8 Å². The van der Waals surface area contributed by atoms with Gasteiger partial charge in [0.2, 0.25) is 21.8 Å². The number of pyridine rings is 1. The van der Waals surface area contributed by atoms with Gasteiger partial charge in [-0.2, -0.15) is 0 Å². The van der Waals surface area contributed by atoms with Gasteiger partial charge < -0.3 is 39.8 Å². The average Bonchev–Trinajstić information content (AvgIpc) is 4.16. The van der Waals surface area contributed by atoms with E-state index in [1.807, 2.05) is 55.6 Å². The van der Waals surface area contributed by atoms with Crippen molar-refractivity contribution in [2.24, 2.45) is 5.92 Å². The van der Waals surface area contributed by atoms with Crippen LogP contribution in [0.4, 0.5) is 9.93 Å². The smallest absolute Gasteiger partial charge is 0.408 e. The molecule has 7 rings (SSSR count). The van der Waals surface area contributed by atoms with Crippen molar-refractivity contribution in [1.82, 2.24) is 30.2 Å². The molecule has 1 aromatic carbocycles. The molecule has 0 bridgehead atoms. The number of hydrogen-bond acceptors (Lipinski definition) is 14. The minimum Gasteiger partial charge on any atom is -0.497 e. The molecule has 67 heavy (non-hydrogen) atoms. The Morgan fingerprint density at radius 1 is 1.01 bits per heavy atom. The highest BCUT2D eigenvalue weighted by Crippen LogP contribution is 2.47. The zero-order valence-electron chi connectivity index (χ0n) is 39.7. The zero-order valence-corrected chi connectivity index (χ0v) is 41.4. The number of alkyl carbamates (subject to hydrolysis) is 1. The third kappa shape index (κ3) is 12.4. The first-order valence-corrected chi connectivity index (χ1v) is 26.1. The second kappa shape index (κ2) is 21.1. The summed E-state index contributed by atoms with van der Waals surface area (Å²) in [6.45, 7) is 9.85. The number of thiazole rings is 1. The average molecular weight is 966 g/mol. The van der Waals surface area contributed by atoms with Crippen molar-refractivity contribution in [1.29, 1.82) is 0 Å². The molecule has 3 aromatic rings. The number of carbonyl (C=O) groups is 4. The van der Waals surface area contributed by atoms with Crippen LogP contribution in [0.2, 0.25) is 0 Å². The summed E-state index contributed by atoms with van der Waals surface area (Å²) >= 11 is 1.46. The summed E-state index contributed by atoms with van der Waals surface area (Å²) in [6, 6.07) is 4.54. The predicted octanol–water partition coefficient (Wildman–Crippen LogP) is 7.01. The lowest BCUT2D eigenvalue weighted by Gasteiger charge is -2.35. The Hall–Kier alpha value is -5.01. The first-order valence-electron chi connectivity index (χ1n) is 23.6. The lowest BCUT2D eigenvalue weighted by Crippen LogP contribution is -2.60. The predicted molar refractivity (Wildman–Crippen MR) is 256 cm³/mol. The van der Waals surface area contributed by atoms with E-state index >= 15 is 9.59 Å². The van der Waals surface area contributed by atoms with E-state index in [1.165, 1.54) is 11.3 Å². The van der Waals surface area contributed by atoms with E-state index in [0.717, 1.165) is 30.8 Å². The van der Waals surface area contributed by atoms with Crippen molar-refractivity contribution in [2.45, 2.75) is 165 Å². The van der Waals surface area contributed by atoms with Crippen LogP contribution in [0.3, 0.4) is 0 Å².